The summed E-state index contributed by atoms with van der Waals surface area (Å²) in [6.45, 7) is 23.2. The van der Waals surface area contributed by atoms with Crippen molar-refractivity contribution < 1.29 is 144 Å². The van der Waals surface area contributed by atoms with E-state index in [9.17, 15) is 78.6 Å². The smallest absolute Gasteiger partial charge is 0.338 e. The van der Waals surface area contributed by atoms with E-state index in [1.165, 1.54) is 88.8 Å². The number of amides is 2. The molecule has 2 aromatic heterocycles. The molecule has 8 aliphatic rings. The van der Waals surface area contributed by atoms with Crippen LogP contribution >= 0.6 is 23.5 Å². The summed E-state index contributed by atoms with van der Waals surface area (Å²) in [6, 6.07) is 18.7. The number of aliphatic hydroxyl groups excluding tert-OH is 4. The van der Waals surface area contributed by atoms with Crippen LogP contribution in [0.3, 0.4) is 0 Å². The van der Waals surface area contributed by atoms with Gasteiger partial charge in [0.25, 0.3) is 10.5 Å². The number of rotatable bonds is 21. The summed E-state index contributed by atoms with van der Waals surface area (Å²) in [5.74, 6) is -12.0. The number of benzene rings is 2. The summed E-state index contributed by atoms with van der Waals surface area (Å²) in [7, 11) is 0. The van der Waals surface area contributed by atoms with Gasteiger partial charge in [-0.1, -0.05) is 122 Å². The molecule has 4 saturated carbocycles. The maximum atomic E-state index is 15.4. The summed E-state index contributed by atoms with van der Waals surface area (Å²) < 4.78 is 70.6. The van der Waals surface area contributed by atoms with Crippen LogP contribution in [0.2, 0.25) is 0 Å². The highest BCUT2D eigenvalue weighted by molar-refractivity contribution is 8.14. The third-order valence-corrected chi connectivity index (χ3v) is 27.2. The van der Waals surface area contributed by atoms with E-state index >= 15 is 9.59 Å². The van der Waals surface area contributed by atoms with Crippen LogP contribution < -0.4 is 10.6 Å². The van der Waals surface area contributed by atoms with Crippen molar-refractivity contribution >= 4 is 93.3 Å². The minimum atomic E-state index is -2.39. The Balaban J connectivity index is 0.000000235. The van der Waals surface area contributed by atoms with Crippen molar-refractivity contribution in [2.45, 2.75) is 262 Å². The van der Waals surface area contributed by atoms with Crippen molar-refractivity contribution in [1.82, 2.24) is 10.6 Å². The first-order valence-corrected chi connectivity index (χ1v) is 41.5. The quantitative estimate of drug-likeness (QED) is 0.0168. The van der Waals surface area contributed by atoms with Gasteiger partial charge in [-0.15, -0.1) is 0 Å². The molecule has 652 valence electrons. The second kappa shape index (κ2) is 34.7. The van der Waals surface area contributed by atoms with Crippen molar-refractivity contribution in [3.63, 3.8) is 0 Å². The molecule has 6 aliphatic carbocycles. The Kier molecular flexibility index (Phi) is 26.5. The zero-order chi connectivity index (χ0) is 88.3. The topological polar surface area (TPSA) is 469 Å². The predicted octanol–water partition coefficient (Wildman–Crippen LogP) is 8.28. The molecular formula is C86H106N2O30S2. The predicted molar refractivity (Wildman–Crippen MR) is 424 cm³/mol. The summed E-state index contributed by atoms with van der Waals surface area (Å²) in [4.78, 5) is 165. The van der Waals surface area contributed by atoms with Gasteiger partial charge in [-0.25, -0.2) is 19.2 Å². The van der Waals surface area contributed by atoms with Crippen LogP contribution in [-0.4, -0.2) is 220 Å². The molecule has 2 aliphatic heterocycles. The van der Waals surface area contributed by atoms with Gasteiger partial charge in [0, 0.05) is 74.7 Å². The molecule has 8 N–H and O–H groups in total. The zero-order valence-corrected chi connectivity index (χ0v) is 71.3. The van der Waals surface area contributed by atoms with Crippen molar-refractivity contribution in [3.8, 4) is 0 Å². The molecular weight excluding hydrogens is 1610 g/mol. The number of carbonyl (C=O) groups excluding carboxylic acids is 12. The number of nitrogens with one attached hydrogen (secondary N) is 2. The van der Waals surface area contributed by atoms with Crippen molar-refractivity contribution in [2.24, 2.45) is 33.5 Å². The Morgan fingerprint density at radius 1 is 0.533 bits per heavy atom. The number of hydrogen-bond donors (Lipinski definition) is 8. The fraction of sp³-hybridized carbons (Fsp3) is 0.581. The highest BCUT2D eigenvalue weighted by atomic mass is 32.2. The lowest BCUT2D eigenvalue weighted by atomic mass is 9.44. The number of hydrogen-bond acceptors (Lipinski definition) is 32. The molecule has 22 atom stereocenters. The van der Waals surface area contributed by atoms with E-state index in [0.29, 0.717) is 5.75 Å². The normalized spacial score (nSPS) is 32.8. The average Bonchev–Trinajstić information content (AvgIpc) is 0.759. The van der Waals surface area contributed by atoms with Gasteiger partial charge < -0.3 is 97.5 Å². The molecule has 12 rings (SSSR count). The number of ketones is 2. The van der Waals surface area contributed by atoms with E-state index < -0.39 is 229 Å². The maximum absolute atomic E-state index is 15.4. The Morgan fingerprint density at radius 3 is 1.23 bits per heavy atom. The van der Waals surface area contributed by atoms with Gasteiger partial charge >= 0.3 is 47.8 Å². The van der Waals surface area contributed by atoms with Crippen molar-refractivity contribution in [1.29, 1.82) is 0 Å². The highest BCUT2D eigenvalue weighted by Gasteiger charge is 2.81. The monoisotopic (exact) mass is 1710 g/mol. The second-order valence-electron chi connectivity index (χ2n) is 34.5. The molecule has 0 unspecified atom stereocenters. The molecule has 2 saturated heterocycles. The standard InChI is InChI=1S/2C43H53NO15S/c1-21-26(57-37(51)31(48)30(25-16-13-17-54-25)44-38(52)60-39(4,5)6)19-43(53)35(58-36(50)24-14-11-10-12-15-24)33-41(9,27(47)18-28-42(33,20-55-28)59-23(3)46)34(49)32(56-22(2)45)29(21)40(43,7)8;1-8-9-18-60-39(52)44-31(26-16-13-17-54-26)32(48)38(51)57-27-20-43(53)36(58-37(50)25-14-11-10-12-15-25)34-41(7,28(47)19-29-42(34,21-55-29)59-24(4)46)35(49)33(56-23(3)45)30(22(27)2)40(43,5)6/h10-17,26-28,30-33,35,47-48,53H,18-20H2,1-9H3,(H,44,52);10-17,27-29,31-34,36,47-48,53H,8-9,18-21H2,1-7H3,(H,44,52)/t26-,27-,28+,30-,31+,32+,33-,35-,41+,42-,43+;27-,28-,29+,31-,32+,33+,34-,36-,41+,42-,43+/m00/s1. The number of unbranched alkanes of at least 4 members (excludes halogenated alkanes) is 1. The second-order valence-corrected chi connectivity index (χ2v) is 37.4. The van der Waals surface area contributed by atoms with Crippen LogP contribution in [0.4, 0.5) is 9.59 Å². The number of Topliss-reactive ketones (excluding diaryl/α,β-unsaturated/α-hetero) is 2. The van der Waals surface area contributed by atoms with Gasteiger partial charge in [0.15, 0.2) is 47.2 Å². The van der Waals surface area contributed by atoms with Gasteiger partial charge in [-0.2, -0.15) is 0 Å². The van der Waals surface area contributed by atoms with Crippen LogP contribution in [0.15, 0.2) is 129 Å². The van der Waals surface area contributed by atoms with E-state index in [4.69, 9.17) is 56.2 Å². The summed E-state index contributed by atoms with van der Waals surface area (Å²) >= 11 is 1.88. The first-order chi connectivity index (χ1) is 56.1. The fourth-order valence-electron chi connectivity index (χ4n) is 19.2. The van der Waals surface area contributed by atoms with E-state index in [-0.39, 0.29) is 71.0 Å². The van der Waals surface area contributed by atoms with E-state index in [1.54, 1.807) is 84.9 Å². The van der Waals surface area contributed by atoms with Gasteiger partial charge in [0.1, 0.15) is 71.4 Å². The first-order valence-electron chi connectivity index (χ1n) is 39.7. The fourth-order valence-corrected chi connectivity index (χ4v) is 20.8. The molecule has 4 heterocycles. The average molecular weight is 1710 g/mol. The molecule has 0 spiro atoms. The molecule has 2 amide bonds. The lowest BCUT2D eigenvalue weighted by Crippen LogP contribution is -2.82. The summed E-state index contributed by atoms with van der Waals surface area (Å²) in [5.41, 5.74) is -15.3. The van der Waals surface area contributed by atoms with Crippen LogP contribution in [0.5, 0.6) is 0 Å². The lowest BCUT2D eigenvalue weighted by molar-refractivity contribution is -0.346. The van der Waals surface area contributed by atoms with Crippen LogP contribution in [0.1, 0.15) is 194 Å². The molecule has 0 radical (unpaired) electrons. The molecule has 2 aromatic carbocycles. The summed E-state index contributed by atoms with van der Waals surface area (Å²) in [5, 5.41) is 78.5. The largest absolute Gasteiger partial charge is 0.467 e. The lowest BCUT2D eigenvalue weighted by Gasteiger charge is -2.67. The minimum absolute atomic E-state index is 0.00638. The Hall–Kier alpha value is -9.10. The SMILES string of the molecule is CC(=O)O[C@H]1C(=O)[C@@]2(C)[C@H]([C@H](OC(=O)c3ccccc3)[C@]3(O)C[C@H](OC(=O)[C@H](O)[C@@H](NC(=O)SC(C)(C)C)c4ccco4)C(C)=C1C3(C)C)[C@]1(OC(C)=O)CO[C@@H]1C[C@@H]2O.CCCCSC(=O)N[C@@H](c1ccco1)[C@@H](O)C(=O)O[C@H]1C[C@@]2(O)[C@@H](OC(=O)c3ccccc3)[C@@H]3[C@]4(OC(C)=O)CO[C@@H]4C[C@H](O)[C@@]3(C)C(=O)[C@H](OC(C)=O)C(=C1C)C2(C)C. The van der Waals surface area contributed by atoms with E-state index in [0.717, 1.165) is 64.1 Å². The zero-order valence-electron chi connectivity index (χ0n) is 69.6. The number of esters is 8. The Morgan fingerprint density at radius 2 is 0.908 bits per heavy atom. The van der Waals surface area contributed by atoms with E-state index in [2.05, 4.69) is 10.6 Å². The molecule has 4 aromatic rings. The number of fused-ring (bicyclic) bond motifs is 10. The number of carbonyl (C=O) groups is 12. The van der Waals surface area contributed by atoms with Crippen LogP contribution in [0, 0.1) is 33.5 Å². The van der Waals surface area contributed by atoms with Gasteiger partial charge in [-0.05, 0) is 105 Å². The Labute approximate surface area is 701 Å². The third-order valence-electron chi connectivity index (χ3n) is 25.4. The first kappa shape index (κ1) is 91.6. The molecule has 4 bridgehead atoms. The molecule has 34 heteroatoms. The summed E-state index contributed by atoms with van der Waals surface area (Å²) in [6.07, 6.45) is -16.9. The highest BCUT2D eigenvalue weighted by Crippen LogP contribution is 2.67. The third kappa shape index (κ3) is 16.5. The molecule has 6 fully saturated rings. The van der Waals surface area contributed by atoms with Crippen LogP contribution in [-0.2, 0) is 85.7 Å². The molecule has 32 nitrogen and oxygen atoms in total. The number of furan rings is 2. The minimum Gasteiger partial charge on any atom is -0.467 e. The van der Waals surface area contributed by atoms with Gasteiger partial charge in [0.05, 0.1) is 71.7 Å². The maximum Gasteiger partial charge on any atom is 0.338 e. The number of aliphatic hydroxyl groups is 6. The van der Waals surface area contributed by atoms with Crippen LogP contribution in [0.25, 0.3) is 0 Å². The van der Waals surface area contributed by atoms with Crippen molar-refractivity contribution in [2.75, 3.05) is 19.0 Å². The van der Waals surface area contributed by atoms with Gasteiger partial charge in [0.2, 0.25) is 0 Å². The number of ether oxygens (including phenoxy) is 10. The Bertz CT molecular complexity index is 4650. The van der Waals surface area contributed by atoms with E-state index in [1.807, 2.05) is 6.92 Å². The number of thioether (sulfide) groups is 2. The molecule has 120 heavy (non-hydrogen) atoms. The van der Waals surface area contributed by atoms with Gasteiger partial charge in [-0.3, -0.25) is 38.4 Å². The van der Waals surface area contributed by atoms with Crippen molar-refractivity contribution in [3.05, 3.63) is 142 Å².